The van der Waals surface area contributed by atoms with E-state index in [1.165, 1.54) is 29.6 Å². The maximum absolute atomic E-state index is 5.94. The molecule has 0 radical (unpaired) electrons. The topological polar surface area (TPSA) is 12.9 Å². The van der Waals surface area contributed by atoms with E-state index in [0.717, 1.165) is 26.9 Å². The van der Waals surface area contributed by atoms with Crippen molar-refractivity contribution in [3.8, 4) is 10.4 Å². The first-order valence-electron chi connectivity index (χ1n) is 11.2. The third kappa shape index (κ3) is 16.4. The van der Waals surface area contributed by atoms with Gasteiger partial charge in [-0.2, -0.15) is 0 Å². The van der Waals surface area contributed by atoms with Crippen LogP contribution in [-0.2, 0) is 0 Å². The van der Waals surface area contributed by atoms with Crippen molar-refractivity contribution in [2.24, 2.45) is 0 Å². The second-order valence-corrected chi connectivity index (χ2v) is 8.40. The largest absolute Gasteiger partial charge is 0.256 e. The van der Waals surface area contributed by atoms with E-state index in [0.29, 0.717) is 0 Å². The Kier molecular flexibility index (Phi) is 24.7. The van der Waals surface area contributed by atoms with Gasteiger partial charge in [-0.15, -0.1) is 17.9 Å². The molecule has 0 spiro atoms. The van der Waals surface area contributed by atoms with Crippen molar-refractivity contribution in [1.82, 2.24) is 4.98 Å². The first kappa shape index (κ1) is 33.3. The number of halogens is 1. The molecule has 0 unspecified atom stereocenters. The second kappa shape index (κ2) is 22.3. The summed E-state index contributed by atoms with van der Waals surface area (Å²) in [4.78, 5) is 5.69. The molecule has 0 atom stereocenters. The summed E-state index contributed by atoms with van der Waals surface area (Å²) in [6, 6.07) is 6.12. The molecule has 0 bridgehead atoms. The highest BCUT2D eigenvalue weighted by Crippen LogP contribution is 2.31. The average Bonchev–Trinajstić information content (AvgIpc) is 3.17. The van der Waals surface area contributed by atoms with Crippen LogP contribution in [0.2, 0.25) is 4.34 Å². The van der Waals surface area contributed by atoms with Gasteiger partial charge in [0.1, 0.15) is 0 Å². The Morgan fingerprint density at radius 3 is 1.83 bits per heavy atom. The highest BCUT2D eigenvalue weighted by Gasteiger charge is 2.06. The van der Waals surface area contributed by atoms with E-state index < -0.39 is 0 Å². The smallest absolute Gasteiger partial charge is 0.0934 e. The fourth-order valence-corrected chi connectivity index (χ4v) is 2.75. The Morgan fingerprint density at radius 2 is 1.53 bits per heavy atom. The summed E-state index contributed by atoms with van der Waals surface area (Å²) in [5.74, 6) is 0. The molecule has 2 aromatic heterocycles. The van der Waals surface area contributed by atoms with Gasteiger partial charge >= 0.3 is 0 Å². The van der Waals surface area contributed by atoms with E-state index in [4.69, 9.17) is 11.6 Å². The molecule has 0 saturated carbocycles. The lowest BCUT2D eigenvalue weighted by Gasteiger charge is -2.06. The van der Waals surface area contributed by atoms with E-state index in [1.807, 2.05) is 46.0 Å². The van der Waals surface area contributed by atoms with Crippen molar-refractivity contribution < 1.29 is 0 Å². The summed E-state index contributed by atoms with van der Waals surface area (Å²) in [5, 5.41) is 0. The molecule has 2 heterocycles. The van der Waals surface area contributed by atoms with Crippen molar-refractivity contribution in [1.29, 1.82) is 0 Å². The van der Waals surface area contributed by atoms with Crippen LogP contribution in [0, 0.1) is 6.92 Å². The van der Waals surface area contributed by atoms with Crippen molar-refractivity contribution >= 4 is 28.5 Å². The molecule has 2 rings (SSSR count). The lowest BCUT2D eigenvalue weighted by Crippen LogP contribution is -1.91. The average molecular weight is 452 g/mol. The van der Waals surface area contributed by atoms with Gasteiger partial charge in [-0.1, -0.05) is 84.6 Å². The summed E-state index contributed by atoms with van der Waals surface area (Å²) in [6.45, 7) is 26.5. The number of nitrogens with zero attached hydrogens (tertiary/aromatic N) is 1. The standard InChI is InChI=1S/C14H14ClNS.C5H10.2C3H8.C2H6/c1-4-9(2)14-10(3)7-11(8-16-14)12-5-6-13(15)17-12;1-4-5(2)3;2*1-3-2;1-2/h4-8H,1-3H3;2,4H2,1,3H3;2*3H2,1-2H3;1-2H3/b9-4-;;;;. The van der Waals surface area contributed by atoms with Gasteiger partial charge in [-0.3, -0.25) is 4.98 Å². The van der Waals surface area contributed by atoms with Crippen LogP contribution in [-0.4, -0.2) is 4.98 Å². The molecule has 0 aromatic carbocycles. The molecule has 0 aliphatic heterocycles. The quantitative estimate of drug-likeness (QED) is 0.422. The third-order valence-electron chi connectivity index (χ3n) is 3.35. The molecule has 1 nitrogen and oxygen atoms in total. The maximum Gasteiger partial charge on any atom is 0.0934 e. The molecule has 0 saturated heterocycles. The number of thiophene rings is 1. The van der Waals surface area contributed by atoms with Crippen molar-refractivity contribution in [3.05, 3.63) is 58.2 Å². The highest BCUT2D eigenvalue weighted by molar-refractivity contribution is 7.19. The number of pyridine rings is 1. The van der Waals surface area contributed by atoms with E-state index in [1.54, 1.807) is 11.3 Å². The number of hydrogen-bond donors (Lipinski definition) is 0. The molecule has 30 heavy (non-hydrogen) atoms. The van der Waals surface area contributed by atoms with Gasteiger partial charge < -0.3 is 0 Å². The van der Waals surface area contributed by atoms with Gasteiger partial charge in [0.2, 0.25) is 0 Å². The van der Waals surface area contributed by atoms with E-state index in [9.17, 15) is 0 Å². The predicted octanol–water partition coefficient (Wildman–Crippen LogP) is 11.0. The first-order chi connectivity index (χ1) is 14.2. The zero-order valence-electron chi connectivity index (χ0n) is 21.4. The number of aromatic nitrogens is 1. The molecular weight excluding hydrogens is 406 g/mol. The van der Waals surface area contributed by atoms with E-state index in [2.05, 4.69) is 72.2 Å². The molecule has 0 aliphatic carbocycles. The molecule has 0 fully saturated rings. The minimum absolute atomic E-state index is 0.811. The summed E-state index contributed by atoms with van der Waals surface area (Å²) in [7, 11) is 0. The fourth-order valence-electron chi connectivity index (χ4n) is 1.73. The zero-order valence-corrected chi connectivity index (χ0v) is 23.0. The number of aryl methyl sites for hydroxylation is 1. The Hall–Kier alpha value is -1.38. The van der Waals surface area contributed by atoms with E-state index in [-0.39, 0.29) is 0 Å². The van der Waals surface area contributed by atoms with Crippen LogP contribution in [0.3, 0.4) is 0 Å². The van der Waals surface area contributed by atoms with Crippen LogP contribution < -0.4 is 0 Å². The number of rotatable bonds is 3. The van der Waals surface area contributed by atoms with Crippen LogP contribution in [0.1, 0.15) is 99.8 Å². The zero-order chi connectivity index (χ0) is 24.1. The van der Waals surface area contributed by atoms with Crippen molar-refractivity contribution in [2.75, 3.05) is 0 Å². The van der Waals surface area contributed by atoms with Crippen LogP contribution in [0.25, 0.3) is 16.0 Å². The fraction of sp³-hybridized carbons (Fsp3) is 0.519. The van der Waals surface area contributed by atoms with Gasteiger partial charge in [-0.05, 0) is 63.5 Å². The summed E-state index contributed by atoms with van der Waals surface area (Å²) < 4.78 is 0.811. The lowest BCUT2D eigenvalue weighted by atomic mass is 10.1. The summed E-state index contributed by atoms with van der Waals surface area (Å²) in [6.07, 6.45) is 7.61. The predicted molar refractivity (Wildman–Crippen MR) is 145 cm³/mol. The van der Waals surface area contributed by atoms with Gasteiger partial charge in [0.05, 0.1) is 10.0 Å². The van der Waals surface area contributed by atoms with Crippen molar-refractivity contribution in [2.45, 2.75) is 95.4 Å². The van der Waals surface area contributed by atoms with Crippen LogP contribution in [0.4, 0.5) is 0 Å². The Labute approximate surface area is 197 Å². The molecule has 2 aromatic rings. The maximum atomic E-state index is 5.94. The molecule has 172 valence electrons. The van der Waals surface area contributed by atoms with Crippen LogP contribution >= 0.6 is 22.9 Å². The Morgan fingerprint density at radius 1 is 1.07 bits per heavy atom. The number of hydrogen-bond acceptors (Lipinski definition) is 2. The molecule has 0 N–H and O–H groups in total. The van der Waals surface area contributed by atoms with Crippen molar-refractivity contribution in [3.63, 3.8) is 0 Å². The lowest BCUT2D eigenvalue weighted by molar-refractivity contribution is 1.09. The van der Waals surface area contributed by atoms with Crippen LogP contribution in [0.5, 0.6) is 0 Å². The third-order valence-corrected chi connectivity index (χ3v) is 4.63. The SMILES string of the molecule is C/C=C(/C)c1ncc(-c2ccc(Cl)s2)cc1C.C=C(C)CC.CC.CCC.CCC. The molecule has 0 aliphatic rings. The van der Waals surface area contributed by atoms with Gasteiger partial charge in [0, 0.05) is 16.6 Å². The summed E-state index contributed by atoms with van der Waals surface area (Å²) >= 11 is 7.52. The second-order valence-electron chi connectivity index (χ2n) is 6.69. The van der Waals surface area contributed by atoms with Gasteiger partial charge in [0.15, 0.2) is 0 Å². The minimum Gasteiger partial charge on any atom is -0.256 e. The Balaban J connectivity index is -0.000000467. The monoisotopic (exact) mass is 451 g/mol. The first-order valence-corrected chi connectivity index (χ1v) is 12.4. The summed E-state index contributed by atoms with van der Waals surface area (Å²) in [5.41, 5.74) is 5.86. The van der Waals surface area contributed by atoms with Gasteiger partial charge in [0.25, 0.3) is 0 Å². The van der Waals surface area contributed by atoms with Crippen LogP contribution in [0.15, 0.2) is 42.6 Å². The number of allylic oxidation sites excluding steroid dienone is 3. The molecule has 3 heteroatoms. The Bertz CT molecular complexity index is 697. The van der Waals surface area contributed by atoms with Gasteiger partial charge in [-0.25, -0.2) is 0 Å². The molecule has 0 amide bonds. The van der Waals surface area contributed by atoms with E-state index >= 15 is 0 Å². The normalized spacial score (nSPS) is 9.40. The highest BCUT2D eigenvalue weighted by atomic mass is 35.5. The minimum atomic E-state index is 0.811. The molecular formula is C27H46ClNS.